The van der Waals surface area contributed by atoms with Gasteiger partial charge in [-0.15, -0.1) is 0 Å². The molecule has 0 heterocycles. The molecular formula is C20H23NO4. The van der Waals surface area contributed by atoms with Crippen LogP contribution >= 0.6 is 0 Å². The van der Waals surface area contributed by atoms with Crippen LogP contribution in [0.2, 0.25) is 0 Å². The Kier molecular flexibility index (Phi) is 6.71. The van der Waals surface area contributed by atoms with Crippen molar-refractivity contribution in [1.29, 1.82) is 0 Å². The summed E-state index contributed by atoms with van der Waals surface area (Å²) in [4.78, 5) is 24.0. The summed E-state index contributed by atoms with van der Waals surface area (Å²) in [6.07, 6.45) is 0. The number of carbonyl (C=O) groups excluding carboxylic acids is 2. The number of rotatable bonds is 7. The van der Waals surface area contributed by atoms with E-state index in [4.69, 9.17) is 9.47 Å². The third-order valence-electron chi connectivity index (χ3n) is 3.69. The molecule has 0 atom stereocenters. The Morgan fingerprint density at radius 3 is 2.56 bits per heavy atom. The van der Waals surface area contributed by atoms with Crippen molar-refractivity contribution in [3.8, 4) is 0 Å². The van der Waals surface area contributed by atoms with Gasteiger partial charge in [-0.3, -0.25) is 4.79 Å². The van der Waals surface area contributed by atoms with Crippen molar-refractivity contribution in [3.05, 3.63) is 64.7 Å². The van der Waals surface area contributed by atoms with Gasteiger partial charge >= 0.3 is 5.97 Å². The molecule has 0 aromatic heterocycles. The Hall–Kier alpha value is -2.66. The van der Waals surface area contributed by atoms with Crippen LogP contribution in [0.5, 0.6) is 0 Å². The van der Waals surface area contributed by atoms with E-state index in [1.54, 1.807) is 31.2 Å². The van der Waals surface area contributed by atoms with Gasteiger partial charge in [0.15, 0.2) is 0 Å². The summed E-state index contributed by atoms with van der Waals surface area (Å²) < 4.78 is 10.5. The second-order valence-corrected chi connectivity index (χ2v) is 5.74. The predicted octanol–water partition coefficient (Wildman–Crippen LogP) is 3.64. The number of hydrogen-bond donors (Lipinski definition) is 1. The number of aryl methyl sites for hydroxylation is 2. The van der Waals surface area contributed by atoms with Gasteiger partial charge < -0.3 is 14.8 Å². The van der Waals surface area contributed by atoms with Crippen LogP contribution in [0.4, 0.5) is 5.69 Å². The van der Waals surface area contributed by atoms with E-state index >= 15 is 0 Å². The van der Waals surface area contributed by atoms with Gasteiger partial charge in [0.05, 0.1) is 24.5 Å². The molecule has 2 aromatic rings. The van der Waals surface area contributed by atoms with Gasteiger partial charge in [0.1, 0.15) is 6.61 Å². The molecule has 0 fully saturated rings. The van der Waals surface area contributed by atoms with Crippen molar-refractivity contribution >= 4 is 17.6 Å². The minimum Gasteiger partial charge on any atom is -0.462 e. The molecule has 2 aromatic carbocycles. The van der Waals surface area contributed by atoms with Gasteiger partial charge in [0.2, 0.25) is 5.91 Å². The van der Waals surface area contributed by atoms with Crippen molar-refractivity contribution in [2.75, 3.05) is 18.5 Å². The molecule has 0 saturated heterocycles. The molecule has 132 valence electrons. The number of amides is 1. The zero-order chi connectivity index (χ0) is 18.2. The lowest BCUT2D eigenvalue weighted by Gasteiger charge is -2.11. The highest BCUT2D eigenvalue weighted by atomic mass is 16.5. The summed E-state index contributed by atoms with van der Waals surface area (Å²) in [6.45, 7) is 6.33. The van der Waals surface area contributed by atoms with Crippen molar-refractivity contribution < 1.29 is 19.1 Å². The van der Waals surface area contributed by atoms with Crippen molar-refractivity contribution in [2.45, 2.75) is 27.4 Å². The summed E-state index contributed by atoms with van der Waals surface area (Å²) in [5.74, 6) is -0.781. The third kappa shape index (κ3) is 5.43. The Balaban J connectivity index is 1.91. The molecule has 0 bridgehead atoms. The zero-order valence-corrected chi connectivity index (χ0v) is 14.8. The average Bonchev–Trinajstić information content (AvgIpc) is 2.57. The fourth-order valence-electron chi connectivity index (χ4n) is 2.43. The van der Waals surface area contributed by atoms with E-state index in [9.17, 15) is 9.59 Å². The second-order valence-electron chi connectivity index (χ2n) is 5.74. The SMILES string of the molecule is CCOC(=O)c1ccccc1NC(=O)COCc1ccc(C)cc1C. The number of anilines is 1. The first-order valence-electron chi connectivity index (χ1n) is 8.21. The van der Waals surface area contributed by atoms with Crippen LogP contribution in [-0.2, 0) is 20.9 Å². The topological polar surface area (TPSA) is 64.6 Å². The smallest absolute Gasteiger partial charge is 0.340 e. The van der Waals surface area contributed by atoms with Gasteiger partial charge in [-0.1, -0.05) is 35.9 Å². The first kappa shape index (κ1) is 18.7. The fourth-order valence-corrected chi connectivity index (χ4v) is 2.43. The molecule has 1 amide bonds. The summed E-state index contributed by atoms with van der Waals surface area (Å²) in [5.41, 5.74) is 4.11. The number of esters is 1. The second kappa shape index (κ2) is 8.99. The maximum absolute atomic E-state index is 12.1. The molecule has 5 heteroatoms. The van der Waals surface area contributed by atoms with Gasteiger partial charge in [-0.05, 0) is 44.0 Å². The minimum absolute atomic E-state index is 0.0928. The molecule has 0 unspecified atom stereocenters. The normalized spacial score (nSPS) is 10.4. The Morgan fingerprint density at radius 2 is 1.84 bits per heavy atom. The standard InChI is InChI=1S/C20H23NO4/c1-4-25-20(23)17-7-5-6-8-18(17)21-19(22)13-24-12-16-10-9-14(2)11-15(16)3/h5-11H,4,12-13H2,1-3H3,(H,21,22). The van der Waals surface area contributed by atoms with E-state index in [0.717, 1.165) is 11.1 Å². The highest BCUT2D eigenvalue weighted by molar-refractivity contribution is 6.01. The lowest BCUT2D eigenvalue weighted by molar-refractivity contribution is -0.121. The molecule has 1 N–H and O–H groups in total. The van der Waals surface area contributed by atoms with Crippen LogP contribution < -0.4 is 5.32 Å². The van der Waals surface area contributed by atoms with Crippen LogP contribution in [0.25, 0.3) is 0 Å². The largest absolute Gasteiger partial charge is 0.462 e. The molecule has 0 aliphatic heterocycles. The lowest BCUT2D eigenvalue weighted by atomic mass is 10.1. The maximum atomic E-state index is 12.1. The monoisotopic (exact) mass is 341 g/mol. The minimum atomic E-state index is -0.463. The van der Waals surface area contributed by atoms with E-state index in [0.29, 0.717) is 17.9 Å². The summed E-state index contributed by atoms with van der Waals surface area (Å²) in [5, 5.41) is 2.70. The predicted molar refractivity (Wildman–Crippen MR) is 96.6 cm³/mol. The number of benzene rings is 2. The number of para-hydroxylation sites is 1. The summed E-state index contributed by atoms with van der Waals surface area (Å²) in [6, 6.07) is 12.8. The average molecular weight is 341 g/mol. The third-order valence-corrected chi connectivity index (χ3v) is 3.69. The molecule has 0 aliphatic rings. The molecule has 0 aliphatic carbocycles. The number of carbonyl (C=O) groups is 2. The Bertz CT molecular complexity index is 755. The molecule has 0 saturated carbocycles. The van der Waals surface area contributed by atoms with Gasteiger partial charge in [-0.25, -0.2) is 4.79 Å². The van der Waals surface area contributed by atoms with Gasteiger partial charge in [0, 0.05) is 0 Å². The zero-order valence-electron chi connectivity index (χ0n) is 14.8. The van der Waals surface area contributed by atoms with E-state index in [1.165, 1.54) is 5.56 Å². The van der Waals surface area contributed by atoms with Crippen molar-refractivity contribution in [3.63, 3.8) is 0 Å². The number of hydrogen-bond acceptors (Lipinski definition) is 4. The Morgan fingerprint density at radius 1 is 1.08 bits per heavy atom. The maximum Gasteiger partial charge on any atom is 0.340 e. The quantitative estimate of drug-likeness (QED) is 0.781. The summed E-state index contributed by atoms with van der Waals surface area (Å²) in [7, 11) is 0. The first-order chi connectivity index (χ1) is 12.0. The lowest BCUT2D eigenvalue weighted by Crippen LogP contribution is -2.20. The van der Waals surface area contributed by atoms with Gasteiger partial charge in [0.25, 0.3) is 0 Å². The van der Waals surface area contributed by atoms with E-state index in [-0.39, 0.29) is 19.1 Å². The van der Waals surface area contributed by atoms with Crippen LogP contribution in [-0.4, -0.2) is 25.1 Å². The van der Waals surface area contributed by atoms with Crippen LogP contribution in [0.3, 0.4) is 0 Å². The highest BCUT2D eigenvalue weighted by Crippen LogP contribution is 2.16. The van der Waals surface area contributed by atoms with Crippen molar-refractivity contribution in [2.24, 2.45) is 0 Å². The van der Waals surface area contributed by atoms with Crippen LogP contribution in [0.15, 0.2) is 42.5 Å². The van der Waals surface area contributed by atoms with Crippen molar-refractivity contribution in [1.82, 2.24) is 0 Å². The fraction of sp³-hybridized carbons (Fsp3) is 0.300. The van der Waals surface area contributed by atoms with E-state index < -0.39 is 5.97 Å². The first-order valence-corrected chi connectivity index (χ1v) is 8.21. The Labute approximate surface area is 148 Å². The molecular weight excluding hydrogens is 318 g/mol. The number of nitrogens with one attached hydrogen (secondary N) is 1. The molecule has 0 radical (unpaired) electrons. The molecule has 2 rings (SSSR count). The van der Waals surface area contributed by atoms with E-state index in [1.807, 2.05) is 26.0 Å². The van der Waals surface area contributed by atoms with E-state index in [2.05, 4.69) is 11.4 Å². The summed E-state index contributed by atoms with van der Waals surface area (Å²) >= 11 is 0. The molecule has 5 nitrogen and oxygen atoms in total. The highest BCUT2D eigenvalue weighted by Gasteiger charge is 2.14. The molecule has 25 heavy (non-hydrogen) atoms. The van der Waals surface area contributed by atoms with Crippen LogP contribution in [0, 0.1) is 13.8 Å². The number of ether oxygens (including phenoxy) is 2. The molecule has 0 spiro atoms. The van der Waals surface area contributed by atoms with Crippen LogP contribution in [0.1, 0.15) is 34.0 Å². The van der Waals surface area contributed by atoms with Gasteiger partial charge in [-0.2, -0.15) is 0 Å².